The van der Waals surface area contributed by atoms with Crippen LogP contribution in [0.5, 0.6) is 0 Å². The lowest BCUT2D eigenvalue weighted by atomic mass is 10.1. The van der Waals surface area contributed by atoms with Crippen molar-refractivity contribution >= 4 is 16.7 Å². The summed E-state index contributed by atoms with van der Waals surface area (Å²) in [5.74, 6) is 0.236. The molecule has 19 heavy (non-hydrogen) atoms. The highest BCUT2D eigenvalue weighted by Gasteiger charge is 2.16. The summed E-state index contributed by atoms with van der Waals surface area (Å²) in [6, 6.07) is 8.06. The summed E-state index contributed by atoms with van der Waals surface area (Å²) in [7, 11) is 8.31. The minimum absolute atomic E-state index is 0. The zero-order chi connectivity index (χ0) is 13.3. The van der Waals surface area contributed by atoms with E-state index in [2.05, 4.69) is 21.1 Å². The molecule has 3 nitrogen and oxygen atoms in total. The standard InChI is InChI=1S/C15H21N2O.HI/c1-16-11-13(12-7-5-6-8-14(12)16)15(18)9-10-17(2,3)4;/h5-8,11H,9-10H2,1-4H3;1H/q+1;/p-1. The van der Waals surface area contributed by atoms with Crippen LogP contribution in [0.4, 0.5) is 0 Å². The van der Waals surface area contributed by atoms with Crippen molar-refractivity contribution in [3.8, 4) is 0 Å². The minimum atomic E-state index is 0. The van der Waals surface area contributed by atoms with Crippen LogP contribution in [0.2, 0.25) is 0 Å². The highest BCUT2D eigenvalue weighted by molar-refractivity contribution is 6.08. The van der Waals surface area contributed by atoms with Crippen LogP contribution < -0.4 is 24.0 Å². The van der Waals surface area contributed by atoms with Gasteiger partial charge in [-0.3, -0.25) is 4.79 Å². The largest absolute Gasteiger partial charge is 1.00 e. The second kappa shape index (κ2) is 6.05. The Bertz CT molecular complexity index is 581. The van der Waals surface area contributed by atoms with Gasteiger partial charge in [0.25, 0.3) is 0 Å². The summed E-state index contributed by atoms with van der Waals surface area (Å²) in [5.41, 5.74) is 1.97. The molecule has 0 aliphatic rings. The third-order valence-electron chi connectivity index (χ3n) is 3.21. The predicted molar refractivity (Wildman–Crippen MR) is 74.8 cm³/mol. The Balaban J connectivity index is 0.00000180. The lowest BCUT2D eigenvalue weighted by Gasteiger charge is -2.23. The van der Waals surface area contributed by atoms with Crippen molar-refractivity contribution in [1.29, 1.82) is 0 Å². The van der Waals surface area contributed by atoms with E-state index < -0.39 is 0 Å². The number of rotatable bonds is 4. The van der Waals surface area contributed by atoms with E-state index in [0.29, 0.717) is 6.42 Å². The monoisotopic (exact) mass is 372 g/mol. The molecule has 104 valence electrons. The number of aryl methyl sites for hydroxylation is 1. The summed E-state index contributed by atoms with van der Waals surface area (Å²) in [6.45, 7) is 0.863. The Labute approximate surface area is 131 Å². The molecule has 0 saturated heterocycles. The van der Waals surface area contributed by atoms with Crippen molar-refractivity contribution in [2.24, 2.45) is 7.05 Å². The van der Waals surface area contributed by atoms with Gasteiger partial charge in [0.05, 0.1) is 34.1 Å². The van der Waals surface area contributed by atoms with E-state index in [0.717, 1.165) is 27.5 Å². The molecule has 0 radical (unpaired) electrons. The normalized spacial score (nSPS) is 11.4. The first-order valence-electron chi connectivity index (χ1n) is 6.26. The Kier molecular flexibility index (Phi) is 5.15. The van der Waals surface area contributed by atoms with Crippen LogP contribution in [0.25, 0.3) is 10.9 Å². The zero-order valence-corrected chi connectivity index (χ0v) is 14.1. The number of hydrogen-bond donors (Lipinski definition) is 0. The Morgan fingerprint density at radius 1 is 1.21 bits per heavy atom. The molecule has 1 aromatic carbocycles. The van der Waals surface area contributed by atoms with E-state index in [1.165, 1.54) is 0 Å². The molecule has 1 heterocycles. The SMILES string of the molecule is Cn1cc(C(=O)CC[N+](C)(C)C)c2ccccc21.[I-]. The number of carbonyl (C=O) groups excluding carboxylic acids is 1. The first-order valence-corrected chi connectivity index (χ1v) is 6.26. The lowest BCUT2D eigenvalue weighted by Crippen LogP contribution is -3.00. The quantitative estimate of drug-likeness (QED) is 0.402. The number of nitrogens with zero attached hydrogens (tertiary/aromatic N) is 2. The summed E-state index contributed by atoms with van der Waals surface area (Å²) >= 11 is 0. The number of para-hydroxylation sites is 1. The molecular formula is C15H21IN2O. The van der Waals surface area contributed by atoms with Crippen LogP contribution in [0.15, 0.2) is 30.5 Å². The van der Waals surface area contributed by atoms with Crippen molar-refractivity contribution in [1.82, 2.24) is 4.57 Å². The second-order valence-corrected chi connectivity index (χ2v) is 5.86. The van der Waals surface area contributed by atoms with Crippen LogP contribution in [0.3, 0.4) is 0 Å². The first kappa shape index (κ1) is 16.2. The highest BCUT2D eigenvalue weighted by Crippen LogP contribution is 2.21. The summed E-state index contributed by atoms with van der Waals surface area (Å²) in [5, 5.41) is 1.06. The number of hydrogen-bond acceptors (Lipinski definition) is 1. The molecule has 4 heteroatoms. The first-order chi connectivity index (χ1) is 8.38. The Morgan fingerprint density at radius 2 is 1.84 bits per heavy atom. The van der Waals surface area contributed by atoms with E-state index in [-0.39, 0.29) is 29.8 Å². The third-order valence-corrected chi connectivity index (χ3v) is 3.21. The average Bonchev–Trinajstić information content (AvgIpc) is 2.64. The van der Waals surface area contributed by atoms with Gasteiger partial charge in [0.2, 0.25) is 0 Å². The topological polar surface area (TPSA) is 22.0 Å². The number of halogens is 1. The number of aromatic nitrogens is 1. The Hall–Kier alpha value is -0.880. The molecule has 0 aliphatic carbocycles. The number of Topliss-reactive ketones (excluding diaryl/α,β-unsaturated/α-hetero) is 1. The van der Waals surface area contributed by atoms with E-state index >= 15 is 0 Å². The van der Waals surface area contributed by atoms with Gasteiger partial charge in [-0.2, -0.15) is 0 Å². The molecule has 0 N–H and O–H groups in total. The summed E-state index contributed by atoms with van der Waals surface area (Å²) < 4.78 is 2.84. The van der Waals surface area contributed by atoms with Gasteiger partial charge in [-0.25, -0.2) is 0 Å². The van der Waals surface area contributed by atoms with Crippen molar-refractivity contribution in [2.75, 3.05) is 27.7 Å². The average molecular weight is 372 g/mol. The van der Waals surface area contributed by atoms with E-state index in [9.17, 15) is 4.79 Å². The van der Waals surface area contributed by atoms with Gasteiger partial charge in [0.15, 0.2) is 5.78 Å². The maximum absolute atomic E-state index is 12.3. The number of ketones is 1. The maximum Gasteiger partial charge on any atom is 0.170 e. The zero-order valence-electron chi connectivity index (χ0n) is 12.0. The number of quaternary nitrogens is 1. The molecule has 0 bridgehead atoms. The fraction of sp³-hybridized carbons (Fsp3) is 0.400. The van der Waals surface area contributed by atoms with Gasteiger partial charge in [0, 0.05) is 29.7 Å². The van der Waals surface area contributed by atoms with Crippen LogP contribution in [-0.4, -0.2) is 42.5 Å². The summed E-state index contributed by atoms with van der Waals surface area (Å²) in [4.78, 5) is 12.3. The molecule has 0 fully saturated rings. The molecule has 0 amide bonds. The van der Waals surface area contributed by atoms with Crippen molar-refractivity contribution < 1.29 is 33.3 Å². The fourth-order valence-corrected chi connectivity index (χ4v) is 2.14. The van der Waals surface area contributed by atoms with Gasteiger partial charge in [-0.05, 0) is 6.07 Å². The third kappa shape index (κ3) is 3.79. The van der Waals surface area contributed by atoms with E-state index in [1.807, 2.05) is 42.1 Å². The minimum Gasteiger partial charge on any atom is -1.00 e. The number of fused-ring (bicyclic) bond motifs is 1. The number of carbonyl (C=O) groups is 1. The predicted octanol–water partition coefficient (Wildman–Crippen LogP) is -0.539. The van der Waals surface area contributed by atoms with Gasteiger partial charge in [0.1, 0.15) is 0 Å². The van der Waals surface area contributed by atoms with Crippen molar-refractivity contribution in [2.45, 2.75) is 6.42 Å². The van der Waals surface area contributed by atoms with E-state index in [1.54, 1.807) is 0 Å². The molecular weight excluding hydrogens is 351 g/mol. The molecule has 0 saturated carbocycles. The molecule has 0 spiro atoms. The number of benzene rings is 1. The molecule has 2 rings (SSSR count). The summed E-state index contributed by atoms with van der Waals surface area (Å²) in [6.07, 6.45) is 2.54. The van der Waals surface area contributed by atoms with Crippen molar-refractivity contribution in [3.05, 3.63) is 36.0 Å². The van der Waals surface area contributed by atoms with Crippen LogP contribution in [0, 0.1) is 0 Å². The highest BCUT2D eigenvalue weighted by atomic mass is 127. The fourth-order valence-electron chi connectivity index (χ4n) is 2.14. The lowest BCUT2D eigenvalue weighted by molar-refractivity contribution is -0.869. The van der Waals surface area contributed by atoms with Gasteiger partial charge < -0.3 is 33.0 Å². The van der Waals surface area contributed by atoms with Crippen LogP contribution >= 0.6 is 0 Å². The van der Waals surface area contributed by atoms with E-state index in [4.69, 9.17) is 0 Å². The molecule has 1 aromatic heterocycles. The van der Waals surface area contributed by atoms with Crippen LogP contribution in [-0.2, 0) is 7.05 Å². The van der Waals surface area contributed by atoms with Gasteiger partial charge >= 0.3 is 0 Å². The molecule has 0 unspecified atom stereocenters. The smallest absolute Gasteiger partial charge is 0.170 e. The van der Waals surface area contributed by atoms with Gasteiger partial charge in [-0.15, -0.1) is 0 Å². The maximum atomic E-state index is 12.3. The molecule has 0 atom stereocenters. The Morgan fingerprint density at radius 3 is 2.47 bits per heavy atom. The van der Waals surface area contributed by atoms with Gasteiger partial charge in [-0.1, -0.05) is 18.2 Å². The van der Waals surface area contributed by atoms with Crippen molar-refractivity contribution in [3.63, 3.8) is 0 Å². The molecule has 2 aromatic rings. The molecule has 0 aliphatic heterocycles. The van der Waals surface area contributed by atoms with Crippen LogP contribution in [0.1, 0.15) is 16.8 Å². The second-order valence-electron chi connectivity index (χ2n) is 5.86.